The van der Waals surface area contributed by atoms with Crippen molar-refractivity contribution in [2.45, 2.75) is 23.9 Å². The molecule has 6 heteroatoms. The summed E-state index contributed by atoms with van der Waals surface area (Å²) in [6, 6.07) is 14.8. The van der Waals surface area contributed by atoms with E-state index in [1.54, 1.807) is 30.5 Å². The van der Waals surface area contributed by atoms with Crippen LogP contribution in [0, 0.1) is 11.3 Å². The molecule has 1 aromatic heterocycles. The molecule has 1 amide bonds. The van der Waals surface area contributed by atoms with Crippen LogP contribution in [0.3, 0.4) is 0 Å². The third kappa shape index (κ3) is 3.46. The van der Waals surface area contributed by atoms with Crippen molar-refractivity contribution in [3.05, 3.63) is 65.5 Å². The van der Waals surface area contributed by atoms with Gasteiger partial charge in [0.15, 0.2) is 0 Å². The Labute approximate surface area is 157 Å². The van der Waals surface area contributed by atoms with Gasteiger partial charge in [-0.25, -0.2) is 0 Å². The molecule has 2 saturated heterocycles. The van der Waals surface area contributed by atoms with Crippen molar-refractivity contribution >= 4 is 17.7 Å². The summed E-state index contributed by atoms with van der Waals surface area (Å²) in [5.74, 6) is 0.963. The van der Waals surface area contributed by atoms with Gasteiger partial charge in [0.1, 0.15) is 0 Å². The minimum atomic E-state index is 0.00572. The highest BCUT2D eigenvalue weighted by atomic mass is 32.2. The molecule has 2 fully saturated rings. The lowest BCUT2D eigenvalue weighted by Crippen LogP contribution is -2.60. The van der Waals surface area contributed by atoms with Gasteiger partial charge in [-0.15, -0.1) is 11.8 Å². The number of thioether (sulfide) groups is 1. The van der Waals surface area contributed by atoms with Crippen LogP contribution in [0.25, 0.3) is 0 Å². The number of nitrogens with zero attached hydrogens (tertiary/aromatic N) is 3. The lowest BCUT2D eigenvalue weighted by atomic mass is 9.92. The molecule has 0 radical (unpaired) electrons. The van der Waals surface area contributed by atoms with Crippen LogP contribution in [0.5, 0.6) is 0 Å². The largest absolute Gasteiger partial charge is 0.371 e. The van der Waals surface area contributed by atoms with Gasteiger partial charge >= 0.3 is 0 Å². The van der Waals surface area contributed by atoms with Gasteiger partial charge in [0.25, 0.3) is 5.91 Å². The summed E-state index contributed by atoms with van der Waals surface area (Å²) in [7, 11) is 0. The van der Waals surface area contributed by atoms with E-state index in [1.807, 2.05) is 34.9 Å². The summed E-state index contributed by atoms with van der Waals surface area (Å²) in [6.07, 6.45) is 2.95. The van der Waals surface area contributed by atoms with Crippen LogP contribution >= 0.6 is 11.8 Å². The highest BCUT2D eigenvalue weighted by Gasteiger charge is 2.51. The molecule has 0 bridgehead atoms. The van der Waals surface area contributed by atoms with E-state index in [9.17, 15) is 4.79 Å². The summed E-state index contributed by atoms with van der Waals surface area (Å²) < 4.78 is 6.13. The average Bonchev–Trinajstić information content (AvgIpc) is 3.10. The summed E-state index contributed by atoms with van der Waals surface area (Å²) in [5, 5.41) is 8.99. The number of ether oxygens (including phenoxy) is 1. The molecule has 132 valence electrons. The molecule has 0 aliphatic carbocycles. The highest BCUT2D eigenvalue weighted by Crippen LogP contribution is 2.46. The number of benzene rings is 1. The Balaban J connectivity index is 1.30. The molecule has 26 heavy (non-hydrogen) atoms. The maximum absolute atomic E-state index is 12.6. The zero-order valence-electron chi connectivity index (χ0n) is 14.3. The number of carbonyl (C=O) groups excluding carboxylic acids is 1. The van der Waals surface area contributed by atoms with Crippen molar-refractivity contribution in [3.63, 3.8) is 0 Å². The Morgan fingerprint density at radius 3 is 3.00 bits per heavy atom. The van der Waals surface area contributed by atoms with Crippen LogP contribution in [-0.4, -0.2) is 45.5 Å². The third-order valence-electron chi connectivity index (χ3n) is 4.85. The first-order valence-corrected chi connectivity index (χ1v) is 9.61. The maximum Gasteiger partial charge on any atom is 0.253 e. The first-order chi connectivity index (χ1) is 12.7. The topological polar surface area (TPSA) is 66.2 Å². The summed E-state index contributed by atoms with van der Waals surface area (Å²) in [5.41, 5.74) is 2.05. The minimum absolute atomic E-state index is 0.00572. The smallest absolute Gasteiger partial charge is 0.253 e. The second kappa shape index (κ2) is 7.10. The fourth-order valence-electron chi connectivity index (χ4n) is 3.51. The lowest BCUT2D eigenvalue weighted by Gasteiger charge is -2.47. The molecular formula is C20H19N3O2S. The van der Waals surface area contributed by atoms with Crippen molar-refractivity contribution in [2.24, 2.45) is 0 Å². The molecule has 1 aromatic carbocycles. The van der Waals surface area contributed by atoms with Gasteiger partial charge < -0.3 is 9.64 Å². The lowest BCUT2D eigenvalue weighted by molar-refractivity contribution is 0.0245. The van der Waals surface area contributed by atoms with Crippen LogP contribution in [0.2, 0.25) is 0 Å². The molecule has 1 spiro atoms. The van der Waals surface area contributed by atoms with E-state index in [0.717, 1.165) is 31.0 Å². The van der Waals surface area contributed by atoms with E-state index in [0.29, 0.717) is 17.7 Å². The number of nitriles is 1. The van der Waals surface area contributed by atoms with Crippen molar-refractivity contribution in [1.29, 1.82) is 5.26 Å². The summed E-state index contributed by atoms with van der Waals surface area (Å²) >= 11 is 1.91. The van der Waals surface area contributed by atoms with E-state index in [2.05, 4.69) is 11.1 Å². The van der Waals surface area contributed by atoms with Gasteiger partial charge in [0.05, 0.1) is 34.8 Å². The molecule has 2 aliphatic rings. The molecule has 5 nitrogen and oxygen atoms in total. The summed E-state index contributed by atoms with van der Waals surface area (Å²) in [4.78, 5) is 18.7. The fraction of sp³-hybridized carbons (Fsp3) is 0.350. The minimum Gasteiger partial charge on any atom is -0.371 e. The van der Waals surface area contributed by atoms with Gasteiger partial charge in [-0.1, -0.05) is 12.1 Å². The van der Waals surface area contributed by atoms with Crippen LogP contribution in [-0.2, 0) is 11.3 Å². The van der Waals surface area contributed by atoms with Crippen molar-refractivity contribution < 1.29 is 9.53 Å². The molecule has 3 heterocycles. The maximum atomic E-state index is 12.6. The second-order valence-electron chi connectivity index (χ2n) is 6.81. The normalized spacial score (nSPS) is 20.6. The van der Waals surface area contributed by atoms with E-state index >= 15 is 0 Å². The Kier molecular flexibility index (Phi) is 4.66. The number of carbonyl (C=O) groups is 1. The monoisotopic (exact) mass is 365 g/mol. The number of pyridine rings is 1. The summed E-state index contributed by atoms with van der Waals surface area (Å²) in [6.45, 7) is 2.03. The molecule has 2 aromatic rings. The van der Waals surface area contributed by atoms with Crippen LogP contribution < -0.4 is 0 Å². The van der Waals surface area contributed by atoms with Gasteiger partial charge in [-0.3, -0.25) is 9.78 Å². The van der Waals surface area contributed by atoms with Crippen molar-refractivity contribution in [2.75, 3.05) is 18.8 Å². The predicted octanol–water partition coefficient (Wildman–Crippen LogP) is 2.87. The number of likely N-dealkylation sites (tertiary alicyclic amines) is 1. The first kappa shape index (κ1) is 17.1. The molecular weight excluding hydrogens is 346 g/mol. The Hall–Kier alpha value is -2.36. The van der Waals surface area contributed by atoms with E-state index in [-0.39, 0.29) is 16.8 Å². The van der Waals surface area contributed by atoms with Crippen molar-refractivity contribution in [3.8, 4) is 6.07 Å². The molecule has 4 rings (SSSR count). The van der Waals surface area contributed by atoms with Crippen LogP contribution in [0.1, 0.15) is 28.0 Å². The van der Waals surface area contributed by atoms with Gasteiger partial charge in [-0.2, -0.15) is 5.26 Å². The molecule has 0 unspecified atom stereocenters. The predicted molar refractivity (Wildman–Crippen MR) is 99.7 cm³/mol. The zero-order valence-corrected chi connectivity index (χ0v) is 15.1. The number of hydrogen-bond donors (Lipinski definition) is 0. The van der Waals surface area contributed by atoms with E-state index < -0.39 is 0 Å². The first-order valence-electron chi connectivity index (χ1n) is 8.62. The van der Waals surface area contributed by atoms with Gasteiger partial charge in [0.2, 0.25) is 0 Å². The second-order valence-corrected chi connectivity index (χ2v) is 8.29. The average molecular weight is 365 g/mol. The fourth-order valence-corrected chi connectivity index (χ4v) is 5.07. The number of rotatable bonds is 4. The Morgan fingerprint density at radius 1 is 1.35 bits per heavy atom. The molecule has 0 N–H and O–H groups in total. The SMILES string of the molecule is N#Cc1cccc(C(=O)N2CC3(C[C@@H](OCc4ccccn4)CS3)C2)c1. The zero-order chi connectivity index (χ0) is 18.0. The third-order valence-corrected chi connectivity index (χ3v) is 6.43. The highest BCUT2D eigenvalue weighted by molar-refractivity contribution is 8.01. The van der Waals surface area contributed by atoms with E-state index in [1.165, 1.54) is 0 Å². The molecule has 1 atom stereocenters. The molecule has 2 aliphatic heterocycles. The van der Waals surface area contributed by atoms with Gasteiger partial charge in [-0.05, 0) is 36.8 Å². The quantitative estimate of drug-likeness (QED) is 0.833. The van der Waals surface area contributed by atoms with Crippen molar-refractivity contribution in [1.82, 2.24) is 9.88 Å². The Bertz CT molecular complexity index is 844. The Morgan fingerprint density at radius 2 is 2.23 bits per heavy atom. The number of hydrogen-bond acceptors (Lipinski definition) is 5. The molecule has 0 saturated carbocycles. The van der Waals surface area contributed by atoms with Gasteiger partial charge in [0, 0.05) is 30.6 Å². The number of amides is 1. The number of aromatic nitrogens is 1. The standard InChI is InChI=1S/C20H19N3O2S/c21-10-15-4-3-5-16(8-15)19(24)23-13-20(14-23)9-18(12-26-20)25-11-17-6-1-2-7-22-17/h1-8,18H,9,11-14H2/t18-/m1/s1. The van der Waals surface area contributed by atoms with E-state index in [4.69, 9.17) is 10.00 Å². The van der Waals surface area contributed by atoms with Crippen LogP contribution in [0.15, 0.2) is 48.7 Å². The van der Waals surface area contributed by atoms with Crippen LogP contribution in [0.4, 0.5) is 0 Å².